The summed E-state index contributed by atoms with van der Waals surface area (Å²) in [6.45, 7) is 0.617. The third-order valence-corrected chi connectivity index (χ3v) is 3.61. The van der Waals surface area contributed by atoms with Crippen LogP contribution in [0.5, 0.6) is 5.75 Å². The lowest BCUT2D eigenvalue weighted by Crippen LogP contribution is -2.51. The van der Waals surface area contributed by atoms with Crippen molar-refractivity contribution in [3.05, 3.63) is 42.2 Å². The first-order valence-electron chi connectivity index (χ1n) is 6.92. The van der Waals surface area contributed by atoms with Crippen LogP contribution in [0.2, 0.25) is 0 Å². The van der Waals surface area contributed by atoms with Crippen LogP contribution >= 0.6 is 0 Å². The van der Waals surface area contributed by atoms with Gasteiger partial charge in [-0.3, -0.25) is 19.7 Å². The van der Waals surface area contributed by atoms with Crippen molar-refractivity contribution in [2.45, 2.75) is 13.0 Å². The van der Waals surface area contributed by atoms with E-state index in [2.05, 4.69) is 10.2 Å². The first-order chi connectivity index (χ1) is 10.7. The number of carbonyl (C=O) groups is 2. The standard InChI is InChI=1S/C15H16N4O3/c1-22-13-4-2-11(3-5-13)10-19-14(20)6-7-18(15(19)21)12-8-16-17-9-12/h2-5,8-9H,6-7,10H2,1H3,(H,16,17). The van der Waals surface area contributed by atoms with Crippen LogP contribution in [0, 0.1) is 0 Å². The number of benzene rings is 1. The van der Waals surface area contributed by atoms with Crippen LogP contribution in [0.3, 0.4) is 0 Å². The first-order valence-corrected chi connectivity index (χ1v) is 6.92. The van der Waals surface area contributed by atoms with Gasteiger partial charge >= 0.3 is 6.03 Å². The van der Waals surface area contributed by atoms with Gasteiger partial charge < -0.3 is 4.74 Å². The van der Waals surface area contributed by atoms with E-state index in [1.807, 2.05) is 24.3 Å². The summed E-state index contributed by atoms with van der Waals surface area (Å²) in [5.74, 6) is 0.570. The molecular formula is C15H16N4O3. The number of ether oxygens (including phenoxy) is 1. The number of hydrogen-bond acceptors (Lipinski definition) is 4. The number of nitrogens with zero attached hydrogens (tertiary/aromatic N) is 3. The van der Waals surface area contributed by atoms with Crippen molar-refractivity contribution in [3.63, 3.8) is 0 Å². The van der Waals surface area contributed by atoms with Gasteiger partial charge in [0.2, 0.25) is 5.91 Å². The third-order valence-electron chi connectivity index (χ3n) is 3.61. The van der Waals surface area contributed by atoms with Gasteiger partial charge in [0.15, 0.2) is 0 Å². The maximum Gasteiger partial charge on any atom is 0.331 e. The fourth-order valence-corrected chi connectivity index (χ4v) is 2.39. The Kier molecular flexibility index (Phi) is 3.78. The predicted octanol–water partition coefficient (Wildman–Crippen LogP) is 1.78. The normalized spacial score (nSPS) is 15.3. The molecule has 0 bridgehead atoms. The zero-order valence-electron chi connectivity index (χ0n) is 12.2. The molecule has 0 aliphatic carbocycles. The second-order valence-corrected chi connectivity index (χ2v) is 4.97. The van der Waals surface area contributed by atoms with Crippen molar-refractivity contribution in [3.8, 4) is 5.75 Å². The number of aromatic amines is 1. The minimum absolute atomic E-state index is 0.166. The van der Waals surface area contributed by atoms with Crippen molar-refractivity contribution in [2.75, 3.05) is 18.6 Å². The Balaban J connectivity index is 1.78. The van der Waals surface area contributed by atoms with Gasteiger partial charge in [0, 0.05) is 19.2 Å². The van der Waals surface area contributed by atoms with Gasteiger partial charge in [-0.2, -0.15) is 5.10 Å². The molecule has 0 saturated carbocycles. The summed E-state index contributed by atoms with van der Waals surface area (Å²) in [7, 11) is 1.59. The SMILES string of the molecule is COc1ccc(CN2C(=O)CCN(c3cn[nH]c3)C2=O)cc1. The van der Waals surface area contributed by atoms with Crippen molar-refractivity contribution < 1.29 is 14.3 Å². The second-order valence-electron chi connectivity index (χ2n) is 4.97. The molecule has 2 aromatic rings. The monoisotopic (exact) mass is 300 g/mol. The fraction of sp³-hybridized carbons (Fsp3) is 0.267. The first kappa shape index (κ1) is 14.1. The van der Waals surface area contributed by atoms with Crippen LogP contribution in [-0.2, 0) is 11.3 Å². The highest BCUT2D eigenvalue weighted by atomic mass is 16.5. The number of H-pyrrole nitrogens is 1. The average molecular weight is 300 g/mol. The van der Waals surface area contributed by atoms with E-state index in [9.17, 15) is 9.59 Å². The van der Waals surface area contributed by atoms with Crippen LogP contribution in [0.4, 0.5) is 10.5 Å². The number of imide groups is 1. The van der Waals surface area contributed by atoms with E-state index in [1.54, 1.807) is 24.4 Å². The minimum atomic E-state index is -0.325. The molecule has 1 fully saturated rings. The van der Waals surface area contributed by atoms with Crippen LogP contribution in [-0.4, -0.2) is 40.7 Å². The number of aromatic nitrogens is 2. The quantitative estimate of drug-likeness (QED) is 0.933. The number of rotatable bonds is 4. The van der Waals surface area contributed by atoms with E-state index < -0.39 is 0 Å². The lowest BCUT2D eigenvalue weighted by Gasteiger charge is -2.33. The van der Waals surface area contributed by atoms with E-state index in [1.165, 1.54) is 4.90 Å². The summed E-state index contributed by atoms with van der Waals surface area (Å²) in [5.41, 5.74) is 1.54. The largest absolute Gasteiger partial charge is 0.497 e. The number of methoxy groups -OCH3 is 1. The smallest absolute Gasteiger partial charge is 0.331 e. The van der Waals surface area contributed by atoms with E-state index in [0.717, 1.165) is 11.3 Å². The van der Waals surface area contributed by atoms with E-state index in [0.29, 0.717) is 18.7 Å². The second kappa shape index (κ2) is 5.88. The van der Waals surface area contributed by atoms with Gasteiger partial charge in [0.25, 0.3) is 0 Å². The number of hydrogen-bond donors (Lipinski definition) is 1. The topological polar surface area (TPSA) is 78.5 Å². The molecule has 0 radical (unpaired) electrons. The molecule has 3 amide bonds. The molecule has 0 spiro atoms. The number of nitrogens with one attached hydrogen (secondary N) is 1. The lowest BCUT2D eigenvalue weighted by molar-refractivity contribution is -0.129. The van der Waals surface area contributed by atoms with Gasteiger partial charge in [0.05, 0.1) is 25.5 Å². The molecule has 7 heteroatoms. The number of carbonyl (C=O) groups excluding carboxylic acids is 2. The summed E-state index contributed by atoms with van der Waals surface area (Å²) in [6.07, 6.45) is 3.51. The number of amides is 3. The third kappa shape index (κ3) is 2.65. The van der Waals surface area contributed by atoms with Gasteiger partial charge in [-0.15, -0.1) is 0 Å². The van der Waals surface area contributed by atoms with E-state index in [-0.39, 0.29) is 18.5 Å². The molecular weight excluding hydrogens is 284 g/mol. The summed E-state index contributed by atoms with van der Waals surface area (Å²) in [6, 6.07) is 6.98. The van der Waals surface area contributed by atoms with Crippen molar-refractivity contribution in [2.24, 2.45) is 0 Å². The Morgan fingerprint density at radius 2 is 2.05 bits per heavy atom. The summed E-state index contributed by atoms with van der Waals surface area (Å²) in [4.78, 5) is 27.4. The molecule has 22 heavy (non-hydrogen) atoms. The molecule has 3 rings (SSSR count). The Morgan fingerprint density at radius 1 is 1.27 bits per heavy atom. The van der Waals surface area contributed by atoms with Crippen molar-refractivity contribution >= 4 is 17.6 Å². The average Bonchev–Trinajstić information content (AvgIpc) is 3.06. The summed E-state index contributed by atoms with van der Waals surface area (Å²) >= 11 is 0. The molecule has 1 saturated heterocycles. The van der Waals surface area contributed by atoms with Crippen molar-refractivity contribution in [1.82, 2.24) is 15.1 Å². The molecule has 7 nitrogen and oxygen atoms in total. The van der Waals surface area contributed by atoms with Crippen LogP contribution < -0.4 is 9.64 Å². The zero-order valence-corrected chi connectivity index (χ0v) is 12.2. The van der Waals surface area contributed by atoms with Gasteiger partial charge in [-0.25, -0.2) is 4.79 Å². The van der Waals surface area contributed by atoms with E-state index in [4.69, 9.17) is 4.74 Å². The van der Waals surface area contributed by atoms with Gasteiger partial charge in [0.1, 0.15) is 5.75 Å². The zero-order chi connectivity index (χ0) is 15.5. The van der Waals surface area contributed by atoms with Gasteiger partial charge in [-0.1, -0.05) is 12.1 Å². The molecule has 0 unspecified atom stereocenters. The highest BCUT2D eigenvalue weighted by Gasteiger charge is 2.33. The minimum Gasteiger partial charge on any atom is -0.497 e. The summed E-state index contributed by atoms with van der Waals surface area (Å²) in [5, 5.41) is 6.52. The molecule has 2 heterocycles. The number of urea groups is 1. The fourth-order valence-electron chi connectivity index (χ4n) is 2.39. The Hall–Kier alpha value is -2.83. The Bertz CT molecular complexity index is 667. The number of anilines is 1. The lowest BCUT2D eigenvalue weighted by atomic mass is 10.1. The molecule has 1 N–H and O–H groups in total. The predicted molar refractivity (Wildman–Crippen MR) is 79.5 cm³/mol. The van der Waals surface area contributed by atoms with Crippen LogP contribution in [0.1, 0.15) is 12.0 Å². The van der Waals surface area contributed by atoms with Crippen LogP contribution in [0.25, 0.3) is 0 Å². The molecule has 1 aromatic heterocycles. The van der Waals surface area contributed by atoms with Gasteiger partial charge in [-0.05, 0) is 17.7 Å². The maximum atomic E-state index is 12.5. The Labute approximate surface area is 127 Å². The molecule has 1 aromatic carbocycles. The molecule has 114 valence electrons. The Morgan fingerprint density at radius 3 is 2.68 bits per heavy atom. The molecule has 0 atom stereocenters. The van der Waals surface area contributed by atoms with Crippen LogP contribution in [0.15, 0.2) is 36.7 Å². The molecule has 1 aliphatic rings. The van der Waals surface area contributed by atoms with E-state index >= 15 is 0 Å². The molecule has 1 aliphatic heterocycles. The highest BCUT2D eigenvalue weighted by molar-refractivity contribution is 6.05. The summed E-state index contributed by atoms with van der Waals surface area (Å²) < 4.78 is 5.10. The maximum absolute atomic E-state index is 12.5. The highest BCUT2D eigenvalue weighted by Crippen LogP contribution is 2.21. The van der Waals surface area contributed by atoms with Crippen molar-refractivity contribution in [1.29, 1.82) is 0 Å².